The van der Waals surface area contributed by atoms with Crippen LogP contribution >= 0.6 is 0 Å². The fourth-order valence-electron chi connectivity index (χ4n) is 3.14. The molecule has 0 aliphatic carbocycles. The maximum Gasteiger partial charge on any atom is 0.107 e. The number of rotatable bonds is 6. The highest BCUT2D eigenvalue weighted by molar-refractivity contribution is 5.83. The third-order valence-corrected chi connectivity index (χ3v) is 4.62. The first-order chi connectivity index (χ1) is 12.6. The van der Waals surface area contributed by atoms with E-state index in [0.29, 0.717) is 0 Å². The summed E-state index contributed by atoms with van der Waals surface area (Å²) in [5, 5.41) is 4.65. The zero-order chi connectivity index (χ0) is 18.5. The Morgan fingerprint density at radius 1 is 0.962 bits per heavy atom. The van der Waals surface area contributed by atoms with Crippen molar-refractivity contribution < 1.29 is 0 Å². The molecule has 0 N–H and O–H groups in total. The SMILES string of the molecule is CCN(CC)c1ccc(C=Nc2c(C)nn(-c3ccccc3)c2C)cc1. The summed E-state index contributed by atoms with van der Waals surface area (Å²) in [6.45, 7) is 10.4. The quantitative estimate of drug-likeness (QED) is 0.583. The van der Waals surface area contributed by atoms with Crippen molar-refractivity contribution in [3.8, 4) is 5.69 Å². The molecular formula is C22H26N4. The number of aromatic nitrogens is 2. The van der Waals surface area contributed by atoms with E-state index in [0.717, 1.165) is 41.4 Å². The third-order valence-electron chi connectivity index (χ3n) is 4.62. The van der Waals surface area contributed by atoms with Gasteiger partial charge in [-0.1, -0.05) is 30.3 Å². The highest BCUT2D eigenvalue weighted by Gasteiger charge is 2.11. The zero-order valence-electron chi connectivity index (χ0n) is 16.0. The number of para-hydroxylation sites is 1. The van der Waals surface area contributed by atoms with Crippen LogP contribution in [0.3, 0.4) is 0 Å². The summed E-state index contributed by atoms with van der Waals surface area (Å²) in [6, 6.07) is 18.7. The van der Waals surface area contributed by atoms with Gasteiger partial charge in [-0.15, -0.1) is 0 Å². The van der Waals surface area contributed by atoms with Crippen LogP contribution in [0.1, 0.15) is 30.8 Å². The third kappa shape index (κ3) is 3.69. The molecule has 0 aliphatic rings. The molecule has 0 atom stereocenters. The molecule has 0 bridgehead atoms. The Morgan fingerprint density at radius 2 is 1.62 bits per heavy atom. The van der Waals surface area contributed by atoms with E-state index < -0.39 is 0 Å². The Hall–Kier alpha value is -2.88. The maximum atomic E-state index is 4.71. The Labute approximate surface area is 155 Å². The van der Waals surface area contributed by atoms with E-state index >= 15 is 0 Å². The van der Waals surface area contributed by atoms with Crippen molar-refractivity contribution in [1.29, 1.82) is 0 Å². The first-order valence-corrected chi connectivity index (χ1v) is 9.14. The van der Waals surface area contributed by atoms with Crippen molar-refractivity contribution in [2.75, 3.05) is 18.0 Å². The van der Waals surface area contributed by atoms with E-state index in [1.165, 1.54) is 5.69 Å². The Balaban J connectivity index is 1.84. The van der Waals surface area contributed by atoms with E-state index in [1.54, 1.807) is 0 Å². The van der Waals surface area contributed by atoms with Crippen LogP contribution < -0.4 is 4.90 Å². The summed E-state index contributed by atoms with van der Waals surface area (Å²) in [6.07, 6.45) is 1.92. The van der Waals surface area contributed by atoms with Gasteiger partial charge >= 0.3 is 0 Å². The van der Waals surface area contributed by atoms with Crippen LogP contribution in [0.4, 0.5) is 11.4 Å². The smallest absolute Gasteiger partial charge is 0.107 e. The highest BCUT2D eigenvalue weighted by atomic mass is 15.3. The molecule has 1 aromatic heterocycles. The topological polar surface area (TPSA) is 33.4 Å². The summed E-state index contributed by atoms with van der Waals surface area (Å²) in [5.41, 5.74) is 6.30. The van der Waals surface area contributed by atoms with Crippen molar-refractivity contribution in [2.24, 2.45) is 4.99 Å². The molecule has 3 rings (SSSR count). The van der Waals surface area contributed by atoms with Crippen LogP contribution in [0.5, 0.6) is 0 Å². The molecule has 0 spiro atoms. The van der Waals surface area contributed by atoms with Gasteiger partial charge in [0.25, 0.3) is 0 Å². The molecule has 2 aromatic carbocycles. The number of benzene rings is 2. The van der Waals surface area contributed by atoms with E-state index in [1.807, 2.05) is 36.0 Å². The Bertz CT molecular complexity index is 873. The summed E-state index contributed by atoms with van der Waals surface area (Å²) in [7, 11) is 0. The van der Waals surface area contributed by atoms with Crippen LogP contribution in [0.2, 0.25) is 0 Å². The standard InChI is InChI=1S/C22H26N4/c1-5-25(6-2)20-14-12-19(13-15-20)16-23-22-17(3)24-26(18(22)4)21-10-8-7-9-11-21/h7-16H,5-6H2,1-4H3. The van der Waals surface area contributed by atoms with Crippen molar-refractivity contribution in [2.45, 2.75) is 27.7 Å². The first-order valence-electron chi connectivity index (χ1n) is 9.14. The first kappa shape index (κ1) is 17.9. The summed E-state index contributed by atoms with van der Waals surface area (Å²) < 4.78 is 1.95. The van der Waals surface area contributed by atoms with Crippen LogP contribution in [-0.2, 0) is 0 Å². The molecule has 4 heteroatoms. The van der Waals surface area contributed by atoms with Gasteiger partial charge in [0.2, 0.25) is 0 Å². The average molecular weight is 346 g/mol. The fourth-order valence-corrected chi connectivity index (χ4v) is 3.14. The average Bonchev–Trinajstić information content (AvgIpc) is 2.97. The molecule has 0 unspecified atom stereocenters. The Kier molecular flexibility index (Phi) is 5.52. The Morgan fingerprint density at radius 3 is 2.23 bits per heavy atom. The summed E-state index contributed by atoms with van der Waals surface area (Å²) in [4.78, 5) is 7.05. The number of aryl methyl sites for hydroxylation is 1. The van der Waals surface area contributed by atoms with E-state index in [9.17, 15) is 0 Å². The molecule has 1 heterocycles. The number of hydrogen-bond donors (Lipinski definition) is 0. The van der Waals surface area contributed by atoms with Crippen molar-refractivity contribution in [1.82, 2.24) is 9.78 Å². The molecule has 0 saturated heterocycles. The summed E-state index contributed by atoms with van der Waals surface area (Å²) in [5.74, 6) is 0. The van der Waals surface area contributed by atoms with Crippen LogP contribution in [0.15, 0.2) is 59.6 Å². The maximum absolute atomic E-state index is 4.71. The lowest BCUT2D eigenvalue weighted by molar-refractivity contribution is 0.834. The second-order valence-electron chi connectivity index (χ2n) is 6.29. The molecule has 134 valence electrons. The lowest BCUT2D eigenvalue weighted by Crippen LogP contribution is -2.21. The van der Waals surface area contributed by atoms with Gasteiger partial charge in [-0.05, 0) is 57.5 Å². The van der Waals surface area contributed by atoms with Gasteiger partial charge < -0.3 is 4.90 Å². The van der Waals surface area contributed by atoms with E-state index in [4.69, 9.17) is 4.99 Å². The molecule has 4 nitrogen and oxygen atoms in total. The normalized spacial score (nSPS) is 11.2. The minimum atomic E-state index is 0.932. The molecule has 0 amide bonds. The summed E-state index contributed by atoms with van der Waals surface area (Å²) >= 11 is 0. The lowest BCUT2D eigenvalue weighted by Gasteiger charge is -2.20. The number of aliphatic imine (C=N–C) groups is 1. The predicted octanol–water partition coefficient (Wildman–Crippen LogP) is 5.09. The second-order valence-corrected chi connectivity index (χ2v) is 6.29. The number of nitrogens with zero attached hydrogens (tertiary/aromatic N) is 4. The number of anilines is 1. The van der Waals surface area contributed by atoms with Crippen LogP contribution in [0, 0.1) is 13.8 Å². The molecule has 26 heavy (non-hydrogen) atoms. The minimum Gasteiger partial charge on any atom is -0.372 e. The zero-order valence-corrected chi connectivity index (χ0v) is 16.0. The van der Waals surface area contributed by atoms with Crippen molar-refractivity contribution in [3.05, 3.63) is 71.5 Å². The van der Waals surface area contributed by atoms with Crippen molar-refractivity contribution >= 4 is 17.6 Å². The molecule has 0 radical (unpaired) electrons. The van der Waals surface area contributed by atoms with Gasteiger partial charge in [0.1, 0.15) is 5.69 Å². The van der Waals surface area contributed by atoms with E-state index in [-0.39, 0.29) is 0 Å². The molecule has 0 saturated carbocycles. The van der Waals surface area contributed by atoms with Crippen LogP contribution in [0.25, 0.3) is 5.69 Å². The second kappa shape index (κ2) is 8.00. The lowest BCUT2D eigenvalue weighted by atomic mass is 10.2. The molecule has 0 fully saturated rings. The van der Waals surface area contributed by atoms with Crippen molar-refractivity contribution in [3.63, 3.8) is 0 Å². The van der Waals surface area contributed by atoms with E-state index in [2.05, 4.69) is 67.2 Å². The molecular weight excluding hydrogens is 320 g/mol. The largest absolute Gasteiger partial charge is 0.372 e. The fraction of sp³-hybridized carbons (Fsp3) is 0.273. The minimum absolute atomic E-state index is 0.932. The monoisotopic (exact) mass is 346 g/mol. The molecule has 3 aromatic rings. The van der Waals surface area contributed by atoms with Crippen LogP contribution in [-0.4, -0.2) is 29.1 Å². The van der Waals surface area contributed by atoms with Gasteiger partial charge in [0, 0.05) is 25.0 Å². The van der Waals surface area contributed by atoms with Gasteiger partial charge in [0.05, 0.1) is 17.1 Å². The van der Waals surface area contributed by atoms with Gasteiger partial charge in [0.15, 0.2) is 0 Å². The van der Waals surface area contributed by atoms with Gasteiger partial charge in [-0.3, -0.25) is 4.99 Å². The highest BCUT2D eigenvalue weighted by Crippen LogP contribution is 2.25. The van der Waals surface area contributed by atoms with Gasteiger partial charge in [-0.2, -0.15) is 5.10 Å². The molecule has 0 aliphatic heterocycles. The predicted molar refractivity (Wildman–Crippen MR) is 110 cm³/mol. The number of hydrogen-bond acceptors (Lipinski definition) is 3. The van der Waals surface area contributed by atoms with Gasteiger partial charge in [-0.25, -0.2) is 4.68 Å².